The number of aromatic nitrogens is 2. The van der Waals surface area contributed by atoms with E-state index in [1.165, 1.54) is 12.5 Å². The molecule has 0 aliphatic heterocycles. The first kappa shape index (κ1) is 20.8. The molecule has 1 aliphatic carbocycles. The molecule has 1 amide bonds. The minimum Gasteiger partial charge on any atom is -0.449 e. The lowest BCUT2D eigenvalue weighted by Gasteiger charge is -2.30. The maximum absolute atomic E-state index is 12.3. The molecule has 0 saturated heterocycles. The fourth-order valence-corrected chi connectivity index (χ4v) is 3.58. The zero-order valence-corrected chi connectivity index (χ0v) is 17.1. The summed E-state index contributed by atoms with van der Waals surface area (Å²) in [5, 5.41) is 7.32. The summed E-state index contributed by atoms with van der Waals surface area (Å²) in [7, 11) is 0. The van der Waals surface area contributed by atoms with Gasteiger partial charge in [-0.2, -0.15) is 5.10 Å². The molecule has 0 unspecified atom stereocenters. The van der Waals surface area contributed by atoms with Crippen LogP contribution in [0.4, 0.5) is 0 Å². The molecule has 3 atom stereocenters. The zero-order valence-electron chi connectivity index (χ0n) is 17.1. The van der Waals surface area contributed by atoms with Crippen LogP contribution in [0.25, 0.3) is 6.08 Å². The predicted molar refractivity (Wildman–Crippen MR) is 112 cm³/mol. The molecule has 1 aromatic carbocycles. The predicted octanol–water partition coefficient (Wildman–Crippen LogP) is 3.57. The van der Waals surface area contributed by atoms with Crippen LogP contribution in [0.15, 0.2) is 48.8 Å². The molecule has 29 heavy (non-hydrogen) atoms. The van der Waals surface area contributed by atoms with Gasteiger partial charge in [0.25, 0.3) is 5.91 Å². The Morgan fingerprint density at radius 3 is 2.79 bits per heavy atom. The Hall–Kier alpha value is -2.89. The standard InChI is InChI=1S/C23H29N3O3/c1-17-8-6-7-11-21(17)25-23(28)18(2)29-22(27)13-12-20-14-24-26(16-20)15-19-9-4-3-5-10-19/h3-5,9-10,12-14,16-18,21H,6-8,11,15H2,1-2H3,(H,25,28)/b13-12+/t17-,18+,21-/m0/s1. The number of nitrogens with zero attached hydrogens (tertiary/aromatic N) is 2. The fraction of sp³-hybridized carbons (Fsp3) is 0.435. The SMILES string of the molecule is C[C@@H](OC(=O)/C=C/c1cnn(Cc2ccccc2)c1)C(=O)N[C@H]1CCCC[C@@H]1C. The van der Waals surface area contributed by atoms with Gasteiger partial charge in [0, 0.05) is 23.9 Å². The summed E-state index contributed by atoms with van der Waals surface area (Å²) in [6, 6.07) is 10.2. The van der Waals surface area contributed by atoms with Crippen molar-refractivity contribution >= 4 is 18.0 Å². The lowest BCUT2D eigenvalue weighted by molar-refractivity contribution is -0.150. The number of ether oxygens (including phenoxy) is 1. The molecule has 1 saturated carbocycles. The number of hydrogen-bond donors (Lipinski definition) is 1. The first-order chi connectivity index (χ1) is 14.0. The highest BCUT2D eigenvalue weighted by Gasteiger charge is 2.25. The molecular weight excluding hydrogens is 366 g/mol. The van der Waals surface area contributed by atoms with E-state index < -0.39 is 12.1 Å². The average molecular weight is 396 g/mol. The minimum atomic E-state index is -0.818. The van der Waals surface area contributed by atoms with Crippen molar-refractivity contribution in [3.05, 3.63) is 59.9 Å². The maximum atomic E-state index is 12.3. The van der Waals surface area contributed by atoms with Crippen LogP contribution in [0, 0.1) is 5.92 Å². The molecule has 0 spiro atoms. The van der Waals surface area contributed by atoms with Gasteiger partial charge in [-0.3, -0.25) is 9.48 Å². The molecule has 1 aromatic heterocycles. The van der Waals surface area contributed by atoms with Crippen molar-refractivity contribution in [1.82, 2.24) is 15.1 Å². The van der Waals surface area contributed by atoms with Gasteiger partial charge >= 0.3 is 5.97 Å². The van der Waals surface area contributed by atoms with Crippen LogP contribution < -0.4 is 5.32 Å². The molecule has 2 aromatic rings. The number of hydrogen-bond acceptors (Lipinski definition) is 4. The van der Waals surface area contributed by atoms with E-state index in [4.69, 9.17) is 4.74 Å². The molecule has 1 fully saturated rings. The van der Waals surface area contributed by atoms with Crippen molar-refractivity contribution in [2.45, 2.75) is 58.2 Å². The summed E-state index contributed by atoms with van der Waals surface area (Å²) in [5.74, 6) is -0.316. The van der Waals surface area contributed by atoms with Gasteiger partial charge < -0.3 is 10.1 Å². The third-order valence-corrected chi connectivity index (χ3v) is 5.35. The van der Waals surface area contributed by atoms with Crippen LogP contribution in [0.2, 0.25) is 0 Å². The average Bonchev–Trinajstić information content (AvgIpc) is 3.16. The van der Waals surface area contributed by atoms with Gasteiger partial charge in [0.05, 0.1) is 12.7 Å². The molecule has 3 rings (SSSR count). The molecule has 1 heterocycles. The lowest BCUT2D eigenvalue weighted by Crippen LogP contribution is -2.45. The zero-order chi connectivity index (χ0) is 20.6. The molecule has 0 radical (unpaired) electrons. The second-order valence-corrected chi connectivity index (χ2v) is 7.75. The second kappa shape index (κ2) is 10.0. The topological polar surface area (TPSA) is 73.2 Å². The van der Waals surface area contributed by atoms with Gasteiger partial charge in [0.1, 0.15) is 0 Å². The van der Waals surface area contributed by atoms with E-state index >= 15 is 0 Å². The highest BCUT2D eigenvalue weighted by atomic mass is 16.5. The van der Waals surface area contributed by atoms with Crippen molar-refractivity contribution in [2.24, 2.45) is 5.92 Å². The van der Waals surface area contributed by atoms with Crippen molar-refractivity contribution < 1.29 is 14.3 Å². The van der Waals surface area contributed by atoms with Crippen molar-refractivity contribution in [1.29, 1.82) is 0 Å². The normalized spacial score (nSPS) is 20.3. The molecule has 0 bridgehead atoms. The van der Waals surface area contributed by atoms with Gasteiger partial charge in [0.15, 0.2) is 6.10 Å². The number of nitrogens with one attached hydrogen (secondary N) is 1. The van der Waals surface area contributed by atoms with E-state index in [-0.39, 0.29) is 11.9 Å². The van der Waals surface area contributed by atoms with E-state index in [1.54, 1.807) is 19.2 Å². The summed E-state index contributed by atoms with van der Waals surface area (Å²) in [6.07, 6.45) is 10.2. The third-order valence-electron chi connectivity index (χ3n) is 5.35. The number of rotatable bonds is 7. The Labute approximate surface area is 171 Å². The minimum absolute atomic E-state index is 0.170. The first-order valence-corrected chi connectivity index (χ1v) is 10.3. The van der Waals surface area contributed by atoms with Gasteiger partial charge in [0.2, 0.25) is 0 Å². The molecular formula is C23H29N3O3. The molecule has 6 heteroatoms. The molecule has 154 valence electrons. The smallest absolute Gasteiger partial charge is 0.331 e. The largest absolute Gasteiger partial charge is 0.449 e. The molecule has 6 nitrogen and oxygen atoms in total. The van der Waals surface area contributed by atoms with Gasteiger partial charge in [-0.05, 0) is 37.3 Å². The molecule has 1 N–H and O–H groups in total. The number of benzene rings is 1. The quantitative estimate of drug-likeness (QED) is 0.575. The van der Waals surface area contributed by atoms with E-state index in [2.05, 4.69) is 17.3 Å². The lowest BCUT2D eigenvalue weighted by atomic mass is 9.86. The van der Waals surface area contributed by atoms with E-state index in [1.807, 2.05) is 41.2 Å². The van der Waals surface area contributed by atoms with Crippen LogP contribution in [-0.4, -0.2) is 33.8 Å². The number of carbonyl (C=O) groups excluding carboxylic acids is 2. The summed E-state index contributed by atoms with van der Waals surface area (Å²) >= 11 is 0. The Morgan fingerprint density at radius 1 is 1.28 bits per heavy atom. The van der Waals surface area contributed by atoms with Crippen LogP contribution >= 0.6 is 0 Å². The fourth-order valence-electron chi connectivity index (χ4n) is 3.58. The van der Waals surface area contributed by atoms with Gasteiger partial charge in [-0.15, -0.1) is 0 Å². The Balaban J connectivity index is 1.47. The summed E-state index contributed by atoms with van der Waals surface area (Å²) in [5.41, 5.74) is 1.95. The van der Waals surface area contributed by atoms with Gasteiger partial charge in [-0.1, -0.05) is 50.1 Å². The second-order valence-electron chi connectivity index (χ2n) is 7.75. The van der Waals surface area contributed by atoms with E-state index in [0.29, 0.717) is 12.5 Å². The third kappa shape index (κ3) is 6.31. The summed E-state index contributed by atoms with van der Waals surface area (Å²) in [6.45, 7) is 4.42. The van der Waals surface area contributed by atoms with Crippen LogP contribution in [-0.2, 0) is 20.9 Å². The summed E-state index contributed by atoms with van der Waals surface area (Å²) in [4.78, 5) is 24.4. The van der Waals surface area contributed by atoms with Crippen molar-refractivity contribution in [3.63, 3.8) is 0 Å². The number of carbonyl (C=O) groups is 2. The highest BCUT2D eigenvalue weighted by molar-refractivity contribution is 5.90. The van der Waals surface area contributed by atoms with Crippen LogP contribution in [0.1, 0.15) is 50.7 Å². The van der Waals surface area contributed by atoms with Crippen molar-refractivity contribution in [2.75, 3.05) is 0 Å². The number of esters is 1. The van der Waals surface area contributed by atoms with Gasteiger partial charge in [-0.25, -0.2) is 4.79 Å². The Bertz CT molecular complexity index is 844. The maximum Gasteiger partial charge on any atom is 0.331 e. The first-order valence-electron chi connectivity index (χ1n) is 10.3. The molecule has 1 aliphatic rings. The van der Waals surface area contributed by atoms with Crippen LogP contribution in [0.3, 0.4) is 0 Å². The van der Waals surface area contributed by atoms with Crippen LogP contribution in [0.5, 0.6) is 0 Å². The monoisotopic (exact) mass is 395 g/mol. The Morgan fingerprint density at radius 2 is 2.03 bits per heavy atom. The highest BCUT2D eigenvalue weighted by Crippen LogP contribution is 2.23. The number of amides is 1. The Kier molecular flexibility index (Phi) is 7.22. The summed E-state index contributed by atoms with van der Waals surface area (Å²) < 4.78 is 7.06. The van der Waals surface area contributed by atoms with Crippen molar-refractivity contribution in [3.8, 4) is 0 Å². The van der Waals surface area contributed by atoms with E-state index in [9.17, 15) is 9.59 Å². The van der Waals surface area contributed by atoms with E-state index in [0.717, 1.165) is 30.4 Å².